The quantitative estimate of drug-likeness (QED) is 0.516. The molecule has 0 aliphatic heterocycles. The van der Waals surface area contributed by atoms with Crippen LogP contribution in [0.25, 0.3) is 10.8 Å². The predicted octanol–water partition coefficient (Wildman–Crippen LogP) is 3.98. The molecule has 1 unspecified atom stereocenters. The second-order valence-electron chi connectivity index (χ2n) is 6.59. The number of esters is 1. The lowest BCUT2D eigenvalue weighted by Gasteiger charge is -2.17. The van der Waals surface area contributed by atoms with Crippen molar-refractivity contribution < 1.29 is 23.7 Å². The van der Waals surface area contributed by atoms with Gasteiger partial charge in [0.25, 0.3) is 0 Å². The summed E-state index contributed by atoms with van der Waals surface area (Å²) in [6, 6.07) is 18.6. The monoisotopic (exact) mass is 431 g/mol. The van der Waals surface area contributed by atoms with Gasteiger partial charge in [0.05, 0.1) is 33.5 Å². The molecule has 0 amide bonds. The fraction of sp³-hybridized carbons (Fsp3) is 0.261. The first-order chi connectivity index (χ1) is 14.1. The van der Waals surface area contributed by atoms with E-state index >= 15 is 0 Å². The van der Waals surface area contributed by atoms with Gasteiger partial charge in [0, 0.05) is 5.39 Å². The van der Waals surface area contributed by atoms with Crippen LogP contribution in [-0.4, -0.2) is 39.4 Å². The van der Waals surface area contributed by atoms with Crippen LogP contribution in [-0.2, 0) is 16.1 Å². The minimum absolute atomic E-state index is 0. The van der Waals surface area contributed by atoms with E-state index in [9.17, 15) is 4.79 Å². The maximum atomic E-state index is 12.2. The molecule has 6 nitrogen and oxygen atoms in total. The first-order valence-corrected chi connectivity index (χ1v) is 9.31. The van der Waals surface area contributed by atoms with Crippen molar-refractivity contribution in [3.05, 3.63) is 71.8 Å². The number of carbonyl (C=O) groups is 1. The fourth-order valence-electron chi connectivity index (χ4n) is 2.97. The molecule has 0 radical (unpaired) electrons. The molecule has 3 aromatic carbocycles. The second-order valence-corrected chi connectivity index (χ2v) is 6.59. The average Bonchev–Trinajstić information content (AvgIpc) is 2.77. The number of halogens is 1. The lowest BCUT2D eigenvalue weighted by molar-refractivity contribution is 0.0594. The van der Waals surface area contributed by atoms with Gasteiger partial charge in [0.2, 0.25) is 0 Å². The molecule has 0 saturated heterocycles. The van der Waals surface area contributed by atoms with Crippen LogP contribution in [0.3, 0.4) is 0 Å². The van der Waals surface area contributed by atoms with E-state index in [0.717, 1.165) is 16.3 Å². The highest BCUT2D eigenvalue weighted by Gasteiger charge is 2.18. The molecule has 0 aliphatic rings. The smallest absolute Gasteiger partial charge is 0.341 e. The summed E-state index contributed by atoms with van der Waals surface area (Å²) >= 11 is 0. The molecular formula is C23H26ClNO5. The Morgan fingerprint density at radius 2 is 1.73 bits per heavy atom. The average molecular weight is 432 g/mol. The summed E-state index contributed by atoms with van der Waals surface area (Å²) < 4.78 is 21.9. The van der Waals surface area contributed by atoms with E-state index in [1.807, 2.05) is 54.6 Å². The van der Waals surface area contributed by atoms with Crippen molar-refractivity contribution in [2.45, 2.75) is 12.6 Å². The predicted molar refractivity (Wildman–Crippen MR) is 119 cm³/mol. The van der Waals surface area contributed by atoms with Gasteiger partial charge in [-0.25, -0.2) is 4.79 Å². The number of fused-ring (bicyclic) bond motifs is 1. The Morgan fingerprint density at radius 3 is 2.43 bits per heavy atom. The van der Waals surface area contributed by atoms with Crippen LogP contribution in [0.15, 0.2) is 60.7 Å². The van der Waals surface area contributed by atoms with Crippen LogP contribution < -0.4 is 15.2 Å². The van der Waals surface area contributed by atoms with Crippen LogP contribution in [0.2, 0.25) is 0 Å². The van der Waals surface area contributed by atoms with Crippen molar-refractivity contribution >= 4 is 29.1 Å². The first-order valence-electron chi connectivity index (χ1n) is 9.31. The lowest BCUT2D eigenvalue weighted by atomic mass is 10.0. The third kappa shape index (κ3) is 5.86. The van der Waals surface area contributed by atoms with E-state index in [0.29, 0.717) is 30.3 Å². The number of hydrogen-bond donors (Lipinski definition) is 1. The fourth-order valence-corrected chi connectivity index (χ4v) is 2.97. The lowest BCUT2D eigenvalue weighted by Crippen LogP contribution is -2.33. The molecule has 1 atom stereocenters. The molecule has 0 aromatic heterocycles. The van der Waals surface area contributed by atoms with E-state index in [2.05, 4.69) is 0 Å². The second kappa shape index (κ2) is 11.4. The van der Waals surface area contributed by atoms with Gasteiger partial charge >= 0.3 is 5.97 Å². The van der Waals surface area contributed by atoms with Crippen molar-refractivity contribution in [1.82, 2.24) is 0 Å². The van der Waals surface area contributed by atoms with Gasteiger partial charge in [0.1, 0.15) is 23.7 Å². The summed E-state index contributed by atoms with van der Waals surface area (Å²) in [6.45, 7) is 0.999. The summed E-state index contributed by atoms with van der Waals surface area (Å²) in [4.78, 5) is 12.2. The van der Waals surface area contributed by atoms with Crippen LogP contribution in [0.1, 0.15) is 15.9 Å². The Labute approximate surface area is 182 Å². The maximum Gasteiger partial charge on any atom is 0.341 e. The third-order valence-corrected chi connectivity index (χ3v) is 4.47. The molecule has 0 heterocycles. The highest BCUT2D eigenvalue weighted by molar-refractivity contribution is 6.01. The summed E-state index contributed by atoms with van der Waals surface area (Å²) in [5, 5.41) is 1.67. The molecule has 160 valence electrons. The standard InChI is InChI=1S/C23H25NO5.ClH/c1-26-19-10-8-17-9-11-20(23(25)27-2)22(21(17)12-19)29-15-18(24)14-28-13-16-6-4-3-5-7-16;/h3-12,18H,13-15,24H2,1-2H3;1H. The minimum atomic E-state index is -0.474. The highest BCUT2D eigenvalue weighted by Crippen LogP contribution is 2.33. The van der Waals surface area contributed by atoms with Crippen LogP contribution in [0, 0.1) is 0 Å². The topological polar surface area (TPSA) is 80.0 Å². The summed E-state index contributed by atoms with van der Waals surface area (Å²) in [5.41, 5.74) is 7.57. The van der Waals surface area contributed by atoms with Crippen LogP contribution in [0.4, 0.5) is 0 Å². The van der Waals surface area contributed by atoms with Gasteiger partial charge in [-0.1, -0.05) is 42.5 Å². The number of methoxy groups -OCH3 is 2. The van der Waals surface area contributed by atoms with Crippen molar-refractivity contribution in [2.75, 3.05) is 27.4 Å². The zero-order chi connectivity index (χ0) is 20.6. The summed E-state index contributed by atoms with van der Waals surface area (Å²) in [5.74, 6) is 0.616. The number of rotatable bonds is 9. The molecule has 0 spiro atoms. The van der Waals surface area contributed by atoms with Crippen LogP contribution in [0.5, 0.6) is 11.5 Å². The normalized spacial score (nSPS) is 11.4. The Morgan fingerprint density at radius 1 is 1.00 bits per heavy atom. The molecule has 2 N–H and O–H groups in total. The van der Waals surface area contributed by atoms with E-state index in [1.165, 1.54) is 7.11 Å². The van der Waals surface area contributed by atoms with Gasteiger partial charge in [-0.05, 0) is 29.1 Å². The van der Waals surface area contributed by atoms with Crippen LogP contribution >= 0.6 is 12.4 Å². The Kier molecular flexibility index (Phi) is 8.92. The van der Waals surface area contributed by atoms with Crippen molar-refractivity contribution in [3.63, 3.8) is 0 Å². The third-order valence-electron chi connectivity index (χ3n) is 4.47. The SMILES string of the molecule is COC(=O)c1ccc2ccc(OC)cc2c1OCC(N)COCc1ccccc1.Cl. The van der Waals surface area contributed by atoms with E-state index in [1.54, 1.807) is 13.2 Å². The molecule has 3 aromatic rings. The van der Waals surface area contributed by atoms with E-state index in [4.69, 9.17) is 24.7 Å². The number of carbonyl (C=O) groups excluding carboxylic acids is 1. The molecule has 7 heteroatoms. The van der Waals surface area contributed by atoms with E-state index < -0.39 is 5.97 Å². The Hall–Kier alpha value is -2.80. The summed E-state index contributed by atoms with van der Waals surface area (Å²) in [6.07, 6.45) is 0. The van der Waals surface area contributed by atoms with E-state index in [-0.39, 0.29) is 25.1 Å². The first kappa shape index (κ1) is 23.5. The molecule has 30 heavy (non-hydrogen) atoms. The zero-order valence-electron chi connectivity index (χ0n) is 17.0. The largest absolute Gasteiger partial charge is 0.497 e. The van der Waals surface area contributed by atoms with Crippen molar-refractivity contribution in [2.24, 2.45) is 5.73 Å². The number of benzene rings is 3. The van der Waals surface area contributed by atoms with Gasteiger partial charge < -0.3 is 24.7 Å². The Balaban J connectivity index is 0.00000320. The molecule has 3 rings (SSSR count). The van der Waals surface area contributed by atoms with Gasteiger partial charge in [-0.3, -0.25) is 0 Å². The molecule has 0 saturated carbocycles. The number of ether oxygens (including phenoxy) is 4. The molecular weight excluding hydrogens is 406 g/mol. The molecule has 0 aliphatic carbocycles. The molecule has 0 fully saturated rings. The van der Waals surface area contributed by atoms with Gasteiger partial charge in [-0.2, -0.15) is 0 Å². The maximum absolute atomic E-state index is 12.2. The van der Waals surface area contributed by atoms with Gasteiger partial charge in [-0.15, -0.1) is 12.4 Å². The minimum Gasteiger partial charge on any atom is -0.497 e. The Bertz CT molecular complexity index is 964. The number of nitrogens with two attached hydrogens (primary N) is 1. The zero-order valence-corrected chi connectivity index (χ0v) is 17.8. The van der Waals surface area contributed by atoms with Gasteiger partial charge in [0.15, 0.2) is 0 Å². The summed E-state index contributed by atoms with van der Waals surface area (Å²) in [7, 11) is 2.93. The van der Waals surface area contributed by atoms with Crippen molar-refractivity contribution in [1.29, 1.82) is 0 Å². The highest BCUT2D eigenvalue weighted by atomic mass is 35.5. The molecule has 0 bridgehead atoms. The number of hydrogen-bond acceptors (Lipinski definition) is 6. The van der Waals surface area contributed by atoms with Crippen molar-refractivity contribution in [3.8, 4) is 11.5 Å².